The van der Waals surface area contributed by atoms with Crippen LogP contribution in [0, 0.1) is 0 Å². The number of carbonyl (C=O) groups is 1. The Hall–Kier alpha value is -0.553. The molecule has 0 saturated carbocycles. The van der Waals surface area contributed by atoms with E-state index >= 15 is 0 Å². The first kappa shape index (κ1) is 9.45. The van der Waals surface area contributed by atoms with E-state index in [0.29, 0.717) is 0 Å². The van der Waals surface area contributed by atoms with Crippen LogP contribution in [-0.2, 0) is 9.26 Å². The van der Waals surface area contributed by atoms with E-state index in [4.69, 9.17) is 4.43 Å². The number of nitrogens with one attached hydrogen (secondary N) is 1. The largest absolute Gasteiger partial charge is 0.503 e. The van der Waals surface area contributed by atoms with Crippen molar-refractivity contribution < 1.29 is 14.1 Å². The molecule has 0 spiro atoms. The molecule has 1 N–H and O–H groups in total. The van der Waals surface area contributed by atoms with E-state index in [0.717, 1.165) is 0 Å². The van der Waals surface area contributed by atoms with Crippen molar-refractivity contribution in [2.45, 2.75) is 19.6 Å². The highest BCUT2D eigenvalue weighted by atomic mass is 28.4. The molecule has 0 rings (SSSR count). The van der Waals surface area contributed by atoms with E-state index in [1.165, 1.54) is 7.11 Å². The van der Waals surface area contributed by atoms with Crippen LogP contribution in [0.25, 0.3) is 0 Å². The van der Waals surface area contributed by atoms with Crippen molar-refractivity contribution in [3.8, 4) is 0 Å². The van der Waals surface area contributed by atoms with Crippen molar-refractivity contribution in [2.75, 3.05) is 7.11 Å². The van der Waals surface area contributed by atoms with E-state index in [1.54, 1.807) is 0 Å². The number of amides is 1. The monoisotopic (exact) mass is 163 g/mol. The van der Waals surface area contributed by atoms with Crippen molar-refractivity contribution >= 4 is 14.4 Å². The smallest absolute Gasteiger partial charge is 0.417 e. The first-order chi connectivity index (χ1) is 4.45. The molecule has 0 fully saturated rings. The molecule has 0 atom stereocenters. The maximum absolute atomic E-state index is 10.6. The van der Waals surface area contributed by atoms with Gasteiger partial charge in [0.15, 0.2) is 0 Å². The molecule has 1 amide bonds. The summed E-state index contributed by atoms with van der Waals surface area (Å²) in [5.74, 6) is 0. The number of hydrogen-bond acceptors (Lipinski definition) is 3. The fourth-order valence-corrected chi connectivity index (χ4v) is 0.980. The summed E-state index contributed by atoms with van der Waals surface area (Å²) in [4.78, 5) is 15.0. The van der Waals surface area contributed by atoms with E-state index < -0.39 is 14.4 Å². The maximum atomic E-state index is 10.6. The van der Waals surface area contributed by atoms with Gasteiger partial charge in [0.25, 0.3) is 0 Å². The van der Waals surface area contributed by atoms with Crippen molar-refractivity contribution in [2.24, 2.45) is 0 Å². The highest BCUT2D eigenvalue weighted by Gasteiger charge is 2.19. The van der Waals surface area contributed by atoms with Crippen LogP contribution in [0.4, 0.5) is 4.79 Å². The molecule has 0 aromatic rings. The van der Waals surface area contributed by atoms with E-state index in [-0.39, 0.29) is 0 Å². The third kappa shape index (κ3) is 5.58. The minimum Gasteiger partial charge on any atom is -0.503 e. The number of carbonyl (C=O) groups excluding carboxylic acids is 1. The molecule has 0 saturated heterocycles. The zero-order chi connectivity index (χ0) is 8.20. The third-order valence-electron chi connectivity index (χ3n) is 0.584. The lowest BCUT2D eigenvalue weighted by Crippen LogP contribution is -2.35. The second kappa shape index (κ2) is 3.57. The van der Waals surface area contributed by atoms with Crippen LogP contribution in [0.15, 0.2) is 0 Å². The summed E-state index contributed by atoms with van der Waals surface area (Å²) >= 11 is 0. The minimum absolute atomic E-state index is 0.512. The molecular weight excluding hydrogens is 150 g/mol. The molecule has 0 aromatic carbocycles. The molecule has 60 valence electrons. The van der Waals surface area contributed by atoms with Gasteiger partial charge in [-0.05, 0) is 19.6 Å². The fourth-order valence-electron chi connectivity index (χ4n) is 0.382. The topological polar surface area (TPSA) is 47.6 Å². The van der Waals surface area contributed by atoms with Crippen LogP contribution in [-0.4, -0.2) is 21.5 Å². The number of hydrogen-bond donors (Lipinski definition) is 1. The third-order valence-corrected chi connectivity index (χ3v) is 1.38. The average Bonchev–Trinajstić information content (AvgIpc) is 1.59. The normalized spacial score (nSPS) is 10.8. The van der Waals surface area contributed by atoms with Gasteiger partial charge in [0.2, 0.25) is 8.32 Å². The van der Waals surface area contributed by atoms with Gasteiger partial charge >= 0.3 is 6.09 Å². The molecule has 10 heavy (non-hydrogen) atoms. The highest BCUT2D eigenvalue weighted by Crippen LogP contribution is 2.01. The highest BCUT2D eigenvalue weighted by molar-refractivity contribution is 6.71. The van der Waals surface area contributed by atoms with Gasteiger partial charge in [0.05, 0.1) is 7.11 Å². The van der Waals surface area contributed by atoms with Crippen molar-refractivity contribution in [1.82, 2.24) is 5.48 Å². The Balaban J connectivity index is 3.58. The second-order valence-corrected chi connectivity index (χ2v) is 7.24. The molecule has 0 aliphatic heterocycles. The Bertz CT molecular complexity index is 121. The van der Waals surface area contributed by atoms with Gasteiger partial charge in [-0.15, -0.1) is 0 Å². The van der Waals surface area contributed by atoms with Crippen LogP contribution in [0.3, 0.4) is 0 Å². The van der Waals surface area contributed by atoms with Crippen LogP contribution in [0.5, 0.6) is 0 Å². The maximum Gasteiger partial charge on any atom is 0.417 e. The second-order valence-electron chi connectivity index (χ2n) is 2.81. The summed E-state index contributed by atoms with van der Waals surface area (Å²) in [5.41, 5.74) is 2.08. The number of hydroxylamine groups is 1. The van der Waals surface area contributed by atoms with E-state index in [2.05, 4.69) is 10.3 Å². The Morgan fingerprint density at radius 1 is 1.40 bits per heavy atom. The van der Waals surface area contributed by atoms with Crippen LogP contribution in [0.1, 0.15) is 0 Å². The van der Waals surface area contributed by atoms with Gasteiger partial charge in [-0.1, -0.05) is 0 Å². The predicted molar refractivity (Wildman–Crippen MR) is 40.0 cm³/mol. The quantitative estimate of drug-likeness (QED) is 0.490. The summed E-state index contributed by atoms with van der Waals surface area (Å²) in [6, 6.07) is 0. The molecule has 0 aliphatic rings. The molecule has 0 unspecified atom stereocenters. The number of rotatable bonds is 2. The Morgan fingerprint density at radius 2 is 1.90 bits per heavy atom. The first-order valence-corrected chi connectivity index (χ1v) is 6.38. The Labute approximate surface area is 61.6 Å². The standard InChI is InChI=1S/C5H13NO3Si/c1-8-6-5(7)9-10(2,3)4/h1-4H3,(H,6,7). The summed E-state index contributed by atoms with van der Waals surface area (Å²) in [6.45, 7) is 5.76. The van der Waals surface area contributed by atoms with Gasteiger partial charge in [-0.2, -0.15) is 0 Å². The van der Waals surface area contributed by atoms with Crippen LogP contribution >= 0.6 is 0 Å². The molecule has 0 aliphatic carbocycles. The summed E-state index contributed by atoms with van der Waals surface area (Å²) < 4.78 is 4.94. The minimum atomic E-state index is -1.75. The molecule has 5 heteroatoms. The lowest BCUT2D eigenvalue weighted by Gasteiger charge is -2.16. The Morgan fingerprint density at radius 3 is 2.20 bits per heavy atom. The van der Waals surface area contributed by atoms with Gasteiger partial charge in [0.1, 0.15) is 0 Å². The Kier molecular flexibility index (Phi) is 3.38. The molecule has 0 aromatic heterocycles. The zero-order valence-electron chi connectivity index (χ0n) is 6.72. The van der Waals surface area contributed by atoms with E-state index in [9.17, 15) is 4.79 Å². The molecule has 0 heterocycles. The van der Waals surface area contributed by atoms with Crippen molar-refractivity contribution in [3.05, 3.63) is 0 Å². The molecular formula is C5H13NO3Si. The SMILES string of the molecule is CONC(=O)O[Si](C)(C)C. The zero-order valence-corrected chi connectivity index (χ0v) is 7.72. The van der Waals surface area contributed by atoms with E-state index in [1.807, 2.05) is 19.6 Å². The molecule has 0 radical (unpaired) electrons. The van der Waals surface area contributed by atoms with Crippen LogP contribution in [0.2, 0.25) is 19.6 Å². The lowest BCUT2D eigenvalue weighted by atomic mass is 11.3. The predicted octanol–water partition coefficient (Wildman–Crippen LogP) is 1.11. The first-order valence-electron chi connectivity index (χ1n) is 2.97. The van der Waals surface area contributed by atoms with Crippen LogP contribution < -0.4 is 5.48 Å². The van der Waals surface area contributed by atoms with Crippen molar-refractivity contribution in [1.29, 1.82) is 0 Å². The van der Waals surface area contributed by atoms with Gasteiger partial charge in [-0.25, -0.2) is 10.3 Å². The average molecular weight is 163 g/mol. The molecule has 4 nitrogen and oxygen atoms in total. The van der Waals surface area contributed by atoms with Gasteiger partial charge in [-0.3, -0.25) is 4.84 Å². The summed E-state index contributed by atoms with van der Waals surface area (Å²) in [7, 11) is -0.383. The van der Waals surface area contributed by atoms with Gasteiger partial charge < -0.3 is 4.43 Å². The molecule has 0 bridgehead atoms. The summed E-state index contributed by atoms with van der Waals surface area (Å²) in [6.07, 6.45) is -0.512. The fraction of sp³-hybridized carbons (Fsp3) is 0.800. The van der Waals surface area contributed by atoms with Crippen molar-refractivity contribution in [3.63, 3.8) is 0 Å². The summed E-state index contributed by atoms with van der Waals surface area (Å²) in [5, 5.41) is 0. The van der Waals surface area contributed by atoms with Gasteiger partial charge in [0, 0.05) is 0 Å². The lowest BCUT2D eigenvalue weighted by molar-refractivity contribution is 0.0834.